The fourth-order valence-corrected chi connectivity index (χ4v) is 1.94. The molecule has 1 rings (SSSR count). The number of non-ortho nitro benzene ring substituents is 1. The maximum absolute atomic E-state index is 12.0. The van der Waals surface area contributed by atoms with Gasteiger partial charge in [-0.05, 0) is 26.3 Å². The van der Waals surface area contributed by atoms with Crippen molar-refractivity contribution in [2.24, 2.45) is 0 Å². The molecule has 0 heterocycles. The molecule has 0 spiro atoms. The molecule has 116 valence electrons. The van der Waals surface area contributed by atoms with E-state index in [1.54, 1.807) is 40.0 Å². The van der Waals surface area contributed by atoms with E-state index in [-0.39, 0.29) is 24.3 Å². The van der Waals surface area contributed by atoms with Crippen LogP contribution in [0.3, 0.4) is 0 Å². The predicted octanol–water partition coefficient (Wildman–Crippen LogP) is 2.07. The lowest BCUT2D eigenvalue weighted by molar-refractivity contribution is -0.384. The maximum Gasteiger partial charge on any atom is 0.317 e. The molecule has 1 atom stereocenters. The quantitative estimate of drug-likeness (QED) is 0.642. The molecule has 7 nitrogen and oxygen atoms in total. The Balaban J connectivity index is 2.72. The summed E-state index contributed by atoms with van der Waals surface area (Å²) in [5.74, 6) is 0. The molecule has 0 radical (unpaired) electrons. The highest BCUT2D eigenvalue weighted by Gasteiger charge is 2.21. The molecule has 1 aromatic rings. The van der Waals surface area contributed by atoms with Crippen LogP contribution in [0.15, 0.2) is 24.3 Å². The van der Waals surface area contributed by atoms with E-state index < -0.39 is 10.5 Å². The van der Waals surface area contributed by atoms with Gasteiger partial charge in [0.2, 0.25) is 0 Å². The second-order valence-corrected chi connectivity index (χ2v) is 5.69. The molecule has 0 aromatic heterocycles. The number of nitro groups is 1. The fraction of sp³-hybridized carbons (Fsp3) is 0.500. The van der Waals surface area contributed by atoms with E-state index in [0.717, 1.165) is 0 Å². The highest BCUT2D eigenvalue weighted by atomic mass is 16.6. The smallest absolute Gasteiger partial charge is 0.317 e. The van der Waals surface area contributed by atoms with Gasteiger partial charge in [0.1, 0.15) is 0 Å². The third kappa shape index (κ3) is 5.39. The Bertz CT molecular complexity index is 525. The van der Waals surface area contributed by atoms with E-state index in [1.807, 2.05) is 0 Å². The van der Waals surface area contributed by atoms with Crippen molar-refractivity contribution in [2.75, 3.05) is 13.6 Å². The van der Waals surface area contributed by atoms with Crippen molar-refractivity contribution in [3.8, 4) is 0 Å². The summed E-state index contributed by atoms with van der Waals surface area (Å²) in [6, 6.07) is 5.40. The topological polar surface area (TPSA) is 95.7 Å². The number of carbonyl (C=O) groups excluding carboxylic acids is 1. The molecule has 0 aliphatic heterocycles. The van der Waals surface area contributed by atoms with Gasteiger partial charge in [0.05, 0.1) is 23.1 Å². The number of amides is 2. The highest BCUT2D eigenvalue weighted by molar-refractivity contribution is 5.74. The van der Waals surface area contributed by atoms with Crippen molar-refractivity contribution in [3.05, 3.63) is 39.9 Å². The number of urea groups is 1. The third-order valence-corrected chi connectivity index (χ3v) is 2.89. The highest BCUT2D eigenvalue weighted by Crippen LogP contribution is 2.19. The van der Waals surface area contributed by atoms with E-state index in [2.05, 4.69) is 5.32 Å². The van der Waals surface area contributed by atoms with Gasteiger partial charge < -0.3 is 15.3 Å². The first-order valence-electron chi connectivity index (χ1n) is 6.58. The lowest BCUT2D eigenvalue weighted by Gasteiger charge is -2.27. The van der Waals surface area contributed by atoms with E-state index in [4.69, 9.17) is 0 Å². The number of rotatable bonds is 5. The van der Waals surface area contributed by atoms with Gasteiger partial charge in [0, 0.05) is 19.2 Å². The number of hydrogen-bond donors (Lipinski definition) is 2. The minimum absolute atomic E-state index is 0.0153. The van der Waals surface area contributed by atoms with Crippen LogP contribution in [0, 0.1) is 10.1 Å². The Kier molecular flexibility index (Phi) is 5.26. The van der Waals surface area contributed by atoms with Crippen molar-refractivity contribution < 1.29 is 14.8 Å². The molecular weight excluding hydrogens is 274 g/mol. The minimum atomic E-state index is -0.985. The van der Waals surface area contributed by atoms with Gasteiger partial charge in [0.15, 0.2) is 0 Å². The number of nitrogens with zero attached hydrogens (tertiary/aromatic N) is 2. The normalized spacial score (nSPS) is 12.6. The Hall–Kier alpha value is -2.15. The van der Waals surface area contributed by atoms with Gasteiger partial charge >= 0.3 is 6.03 Å². The van der Waals surface area contributed by atoms with E-state index in [0.29, 0.717) is 5.56 Å². The van der Waals surface area contributed by atoms with Gasteiger partial charge in [-0.2, -0.15) is 0 Å². The van der Waals surface area contributed by atoms with Crippen LogP contribution in [0.1, 0.15) is 32.4 Å². The molecule has 7 heteroatoms. The summed E-state index contributed by atoms with van der Waals surface area (Å²) in [4.78, 5) is 23.6. The van der Waals surface area contributed by atoms with Crippen LogP contribution in [0.5, 0.6) is 0 Å². The van der Waals surface area contributed by atoms with Crippen molar-refractivity contribution in [3.63, 3.8) is 0 Å². The van der Waals surface area contributed by atoms with Crippen LogP contribution in [0.2, 0.25) is 0 Å². The number of likely N-dealkylation sites (N-methyl/N-ethyl adjacent to an activating group) is 1. The molecule has 2 N–H and O–H groups in total. The van der Waals surface area contributed by atoms with Crippen LogP contribution in [-0.4, -0.2) is 40.2 Å². The van der Waals surface area contributed by atoms with Gasteiger partial charge in [-0.3, -0.25) is 10.1 Å². The Labute approximate surface area is 123 Å². The van der Waals surface area contributed by atoms with Crippen molar-refractivity contribution in [1.29, 1.82) is 0 Å². The Morgan fingerprint density at radius 2 is 2.14 bits per heavy atom. The number of carbonyl (C=O) groups is 1. The number of benzene rings is 1. The van der Waals surface area contributed by atoms with Crippen molar-refractivity contribution in [1.82, 2.24) is 10.2 Å². The maximum atomic E-state index is 12.0. The molecule has 0 unspecified atom stereocenters. The molecule has 21 heavy (non-hydrogen) atoms. The lowest BCUT2D eigenvalue weighted by Crippen LogP contribution is -2.45. The summed E-state index contributed by atoms with van der Waals surface area (Å²) in [6.07, 6.45) is 0. The number of hydrogen-bond acceptors (Lipinski definition) is 4. The molecule has 0 saturated carbocycles. The zero-order valence-corrected chi connectivity index (χ0v) is 12.7. The summed E-state index contributed by atoms with van der Waals surface area (Å²) in [6.45, 7) is 5.15. The minimum Gasteiger partial charge on any atom is -0.389 e. The van der Waals surface area contributed by atoms with Crippen LogP contribution >= 0.6 is 0 Å². The average Bonchev–Trinajstić information content (AvgIpc) is 2.36. The zero-order chi connectivity index (χ0) is 16.2. The first-order chi connectivity index (χ1) is 9.60. The number of nitro benzene ring substituents is 1. The number of aliphatic hydroxyl groups is 1. The second-order valence-electron chi connectivity index (χ2n) is 5.69. The number of nitrogens with one attached hydrogen (secondary N) is 1. The van der Waals surface area contributed by atoms with Crippen molar-refractivity contribution in [2.45, 2.75) is 32.4 Å². The molecule has 0 bridgehead atoms. The van der Waals surface area contributed by atoms with E-state index >= 15 is 0 Å². The molecule has 0 aliphatic rings. The van der Waals surface area contributed by atoms with Crippen LogP contribution in [0.4, 0.5) is 10.5 Å². The largest absolute Gasteiger partial charge is 0.389 e. The molecule has 0 aliphatic carbocycles. The van der Waals surface area contributed by atoms with Gasteiger partial charge in [-0.15, -0.1) is 0 Å². The predicted molar refractivity (Wildman–Crippen MR) is 79.0 cm³/mol. The first-order valence-corrected chi connectivity index (χ1v) is 6.58. The van der Waals surface area contributed by atoms with Crippen LogP contribution in [-0.2, 0) is 0 Å². The van der Waals surface area contributed by atoms with Crippen LogP contribution < -0.4 is 5.32 Å². The fourth-order valence-electron chi connectivity index (χ4n) is 1.94. The molecule has 2 amide bonds. The summed E-state index contributed by atoms with van der Waals surface area (Å²) < 4.78 is 0. The molecule has 0 fully saturated rings. The summed E-state index contributed by atoms with van der Waals surface area (Å²) in [5.41, 5.74) is -0.353. The van der Waals surface area contributed by atoms with E-state index in [9.17, 15) is 20.0 Å². The Morgan fingerprint density at radius 3 is 2.67 bits per heavy atom. The van der Waals surface area contributed by atoms with Gasteiger partial charge in [-0.25, -0.2) is 4.79 Å². The molecule has 0 saturated heterocycles. The molecular formula is C14H21N3O4. The van der Waals surface area contributed by atoms with Crippen molar-refractivity contribution >= 4 is 11.7 Å². The standard InChI is InChI=1S/C14H21N3O4/c1-10(11-6-5-7-12(8-11)17(20)21)15-13(18)16(4)9-14(2,3)19/h5-8,10,19H,9H2,1-4H3,(H,15,18)/t10-/m0/s1. The summed E-state index contributed by atoms with van der Waals surface area (Å²) in [5, 5.41) is 23.2. The van der Waals surface area contributed by atoms with Gasteiger partial charge in [-0.1, -0.05) is 12.1 Å². The Morgan fingerprint density at radius 1 is 1.52 bits per heavy atom. The van der Waals surface area contributed by atoms with Gasteiger partial charge in [0.25, 0.3) is 5.69 Å². The molecule has 1 aromatic carbocycles. The SMILES string of the molecule is C[C@H](NC(=O)N(C)CC(C)(C)O)c1cccc([N+](=O)[O-])c1. The first kappa shape index (κ1) is 16.9. The average molecular weight is 295 g/mol. The monoisotopic (exact) mass is 295 g/mol. The van der Waals surface area contributed by atoms with E-state index in [1.165, 1.54) is 17.0 Å². The summed E-state index contributed by atoms with van der Waals surface area (Å²) in [7, 11) is 1.58. The lowest BCUT2D eigenvalue weighted by atomic mass is 10.1. The second kappa shape index (κ2) is 6.53. The van der Waals surface area contributed by atoms with Crippen LogP contribution in [0.25, 0.3) is 0 Å². The third-order valence-electron chi connectivity index (χ3n) is 2.89. The summed E-state index contributed by atoms with van der Waals surface area (Å²) >= 11 is 0. The zero-order valence-electron chi connectivity index (χ0n) is 12.7.